The van der Waals surface area contributed by atoms with Gasteiger partial charge in [0.25, 0.3) is 0 Å². The third kappa shape index (κ3) is 1.06. The van der Waals surface area contributed by atoms with Crippen molar-refractivity contribution in [3.05, 3.63) is 69.7 Å². The molecule has 0 atom stereocenters. The lowest BCUT2D eigenvalue weighted by atomic mass is 9.85. The van der Waals surface area contributed by atoms with Gasteiger partial charge in [-0.15, -0.1) is 0 Å². The first-order valence-corrected chi connectivity index (χ1v) is 5.81. The molecular weight excluding hydrogens is 208 g/mol. The number of fused-ring (bicyclic) bond motifs is 3. The lowest BCUT2D eigenvalue weighted by molar-refractivity contribution is -0.114. The first-order chi connectivity index (χ1) is 8.34. The molecular formula is C16H10O. The van der Waals surface area contributed by atoms with E-state index in [0.717, 1.165) is 11.1 Å². The molecule has 3 aliphatic rings. The van der Waals surface area contributed by atoms with E-state index in [0.29, 0.717) is 6.42 Å². The van der Waals surface area contributed by atoms with Gasteiger partial charge in [0.05, 0.1) is 0 Å². The summed E-state index contributed by atoms with van der Waals surface area (Å²) in [6, 6.07) is 8.30. The monoisotopic (exact) mass is 218 g/mol. The molecule has 1 heteroatoms. The van der Waals surface area contributed by atoms with Crippen molar-refractivity contribution in [1.82, 2.24) is 0 Å². The number of hydrogen-bond donors (Lipinski definition) is 0. The number of rotatable bonds is 0. The first kappa shape index (κ1) is 8.94. The van der Waals surface area contributed by atoms with Crippen LogP contribution in [0.2, 0.25) is 0 Å². The summed E-state index contributed by atoms with van der Waals surface area (Å²) < 4.78 is 0. The van der Waals surface area contributed by atoms with Crippen LogP contribution < -0.4 is 10.4 Å². The molecule has 0 aromatic heterocycles. The summed E-state index contributed by atoms with van der Waals surface area (Å²) in [6.07, 6.45) is 8.69. The van der Waals surface area contributed by atoms with Gasteiger partial charge in [-0.25, -0.2) is 0 Å². The number of hydrogen-bond acceptors (Lipinski definition) is 1. The Kier molecular flexibility index (Phi) is 1.55. The van der Waals surface area contributed by atoms with E-state index in [4.69, 9.17) is 0 Å². The summed E-state index contributed by atoms with van der Waals surface area (Å²) in [5.41, 5.74) is 4.43. The predicted octanol–water partition coefficient (Wildman–Crippen LogP) is 1.40. The van der Waals surface area contributed by atoms with E-state index in [1.165, 1.54) is 21.6 Å². The minimum absolute atomic E-state index is 0.244. The van der Waals surface area contributed by atoms with Crippen LogP contribution in [0.3, 0.4) is 0 Å². The minimum Gasteiger partial charge on any atom is -0.294 e. The van der Waals surface area contributed by atoms with Crippen LogP contribution >= 0.6 is 0 Å². The Bertz CT molecular complexity index is 770. The van der Waals surface area contributed by atoms with Gasteiger partial charge in [-0.05, 0) is 33.2 Å². The van der Waals surface area contributed by atoms with Crippen molar-refractivity contribution in [3.63, 3.8) is 0 Å². The van der Waals surface area contributed by atoms with Crippen LogP contribution in [0.25, 0.3) is 11.6 Å². The van der Waals surface area contributed by atoms with Crippen molar-refractivity contribution in [2.24, 2.45) is 0 Å². The van der Waals surface area contributed by atoms with Crippen molar-refractivity contribution < 1.29 is 4.79 Å². The second kappa shape index (κ2) is 2.95. The molecule has 4 rings (SSSR count). The summed E-state index contributed by atoms with van der Waals surface area (Å²) in [5, 5.41) is 2.46. The Hall–Kier alpha value is -2.15. The molecule has 0 aliphatic heterocycles. The highest BCUT2D eigenvalue weighted by Crippen LogP contribution is 2.36. The molecule has 0 amide bonds. The number of Topliss-reactive ketones (excluding diaryl/α,β-unsaturated/α-hetero) is 1. The Morgan fingerprint density at radius 1 is 1.06 bits per heavy atom. The van der Waals surface area contributed by atoms with Crippen LogP contribution in [0.5, 0.6) is 0 Å². The molecule has 0 heterocycles. The molecule has 3 aliphatic carbocycles. The van der Waals surface area contributed by atoms with Crippen molar-refractivity contribution in [1.29, 1.82) is 0 Å². The van der Waals surface area contributed by atoms with Crippen LogP contribution in [0.1, 0.15) is 6.42 Å². The zero-order valence-electron chi connectivity index (χ0n) is 9.23. The fourth-order valence-electron chi connectivity index (χ4n) is 2.87. The third-order valence-corrected chi connectivity index (χ3v) is 3.65. The predicted molar refractivity (Wildman–Crippen MR) is 67.4 cm³/mol. The summed E-state index contributed by atoms with van der Waals surface area (Å²) >= 11 is 0. The SMILES string of the molecule is O=C1CC2=c3ccccc3=CC2=C2C=CC=C12. The average Bonchev–Trinajstić information content (AvgIpc) is 2.93. The Balaban J connectivity index is 2.18. The quantitative estimate of drug-likeness (QED) is 0.643. The van der Waals surface area contributed by atoms with Gasteiger partial charge in [-0.2, -0.15) is 0 Å². The van der Waals surface area contributed by atoms with Crippen LogP contribution in [0.15, 0.2) is 59.2 Å². The molecule has 1 aromatic rings. The van der Waals surface area contributed by atoms with Gasteiger partial charge in [0, 0.05) is 12.0 Å². The van der Waals surface area contributed by atoms with Crippen LogP contribution in [0.4, 0.5) is 0 Å². The van der Waals surface area contributed by atoms with Crippen molar-refractivity contribution in [3.8, 4) is 0 Å². The number of carbonyl (C=O) groups is 1. The highest BCUT2D eigenvalue weighted by Gasteiger charge is 2.28. The number of carbonyl (C=O) groups excluding carboxylic acids is 1. The highest BCUT2D eigenvalue weighted by molar-refractivity contribution is 6.13. The Labute approximate surface area is 98.8 Å². The molecule has 0 saturated carbocycles. The number of allylic oxidation sites excluding steroid dienone is 6. The minimum atomic E-state index is 0.244. The zero-order chi connectivity index (χ0) is 11.4. The molecule has 0 radical (unpaired) electrons. The smallest absolute Gasteiger partial charge is 0.167 e. The van der Waals surface area contributed by atoms with Gasteiger partial charge >= 0.3 is 0 Å². The zero-order valence-corrected chi connectivity index (χ0v) is 9.23. The maximum absolute atomic E-state index is 12.1. The summed E-state index contributed by atoms with van der Waals surface area (Å²) in [4.78, 5) is 12.1. The van der Waals surface area contributed by atoms with Gasteiger partial charge < -0.3 is 0 Å². The molecule has 80 valence electrons. The molecule has 1 nitrogen and oxygen atoms in total. The Morgan fingerprint density at radius 2 is 1.94 bits per heavy atom. The number of ketones is 1. The van der Waals surface area contributed by atoms with Gasteiger partial charge in [-0.3, -0.25) is 4.79 Å². The molecule has 0 fully saturated rings. The standard InChI is InChI=1S/C16H10O/c17-16-9-15-11-5-2-1-4-10(11)8-14(15)12-6-3-7-13(12)16/h1-8H,9H2. The maximum Gasteiger partial charge on any atom is 0.167 e. The van der Waals surface area contributed by atoms with Gasteiger partial charge in [0.15, 0.2) is 5.78 Å². The topological polar surface area (TPSA) is 17.1 Å². The molecule has 1 aromatic carbocycles. The van der Waals surface area contributed by atoms with E-state index < -0.39 is 0 Å². The van der Waals surface area contributed by atoms with Crippen molar-refractivity contribution in [2.45, 2.75) is 6.42 Å². The van der Waals surface area contributed by atoms with Gasteiger partial charge in [0.2, 0.25) is 0 Å². The Morgan fingerprint density at radius 3 is 2.88 bits per heavy atom. The fraction of sp³-hybridized carbons (Fsp3) is 0.0625. The largest absolute Gasteiger partial charge is 0.294 e. The van der Waals surface area contributed by atoms with E-state index in [9.17, 15) is 4.79 Å². The second-order valence-electron chi connectivity index (χ2n) is 4.58. The second-order valence-corrected chi connectivity index (χ2v) is 4.58. The molecule has 0 unspecified atom stereocenters. The van der Waals surface area contributed by atoms with Crippen LogP contribution in [0, 0.1) is 0 Å². The number of benzene rings is 1. The fourth-order valence-corrected chi connectivity index (χ4v) is 2.87. The lowest BCUT2D eigenvalue weighted by Gasteiger charge is -2.16. The molecule has 0 bridgehead atoms. The average molecular weight is 218 g/mol. The molecule has 0 saturated heterocycles. The molecule has 17 heavy (non-hydrogen) atoms. The van der Waals surface area contributed by atoms with Crippen LogP contribution in [-0.2, 0) is 4.79 Å². The van der Waals surface area contributed by atoms with E-state index in [1.54, 1.807) is 0 Å². The summed E-state index contributed by atoms with van der Waals surface area (Å²) in [7, 11) is 0. The van der Waals surface area contributed by atoms with Gasteiger partial charge in [-0.1, -0.05) is 42.5 Å². The van der Waals surface area contributed by atoms with E-state index >= 15 is 0 Å². The first-order valence-electron chi connectivity index (χ1n) is 5.81. The summed E-state index contributed by atoms with van der Waals surface area (Å²) in [6.45, 7) is 0. The molecule has 0 N–H and O–H groups in total. The molecule has 0 spiro atoms. The van der Waals surface area contributed by atoms with E-state index in [2.05, 4.69) is 18.2 Å². The van der Waals surface area contributed by atoms with Crippen molar-refractivity contribution >= 4 is 17.4 Å². The van der Waals surface area contributed by atoms with E-state index in [1.807, 2.05) is 30.4 Å². The maximum atomic E-state index is 12.1. The third-order valence-electron chi connectivity index (χ3n) is 3.65. The van der Waals surface area contributed by atoms with E-state index in [-0.39, 0.29) is 5.78 Å². The normalized spacial score (nSPS) is 19.9. The van der Waals surface area contributed by atoms with Crippen molar-refractivity contribution in [2.75, 3.05) is 0 Å². The van der Waals surface area contributed by atoms with Gasteiger partial charge in [0.1, 0.15) is 0 Å². The highest BCUT2D eigenvalue weighted by atomic mass is 16.1. The van der Waals surface area contributed by atoms with Crippen LogP contribution in [-0.4, -0.2) is 5.78 Å². The summed E-state index contributed by atoms with van der Waals surface area (Å²) in [5.74, 6) is 0.244. The lowest BCUT2D eigenvalue weighted by Crippen LogP contribution is -2.23.